The van der Waals surface area contributed by atoms with E-state index in [-0.39, 0.29) is 5.75 Å². The van der Waals surface area contributed by atoms with Crippen molar-refractivity contribution >= 4 is 5.97 Å². The Morgan fingerprint density at radius 2 is 2.28 bits per heavy atom. The molecule has 1 fully saturated rings. The number of hydrogen-bond acceptors (Lipinski definition) is 4. The monoisotopic (exact) mass is 254 g/mol. The van der Waals surface area contributed by atoms with Gasteiger partial charge in [0.2, 0.25) is 0 Å². The summed E-state index contributed by atoms with van der Waals surface area (Å²) < 4.78 is 28.7. The van der Waals surface area contributed by atoms with Crippen molar-refractivity contribution in [3.8, 4) is 5.75 Å². The van der Waals surface area contributed by atoms with Gasteiger partial charge < -0.3 is 14.2 Å². The molecule has 0 aromatic heterocycles. The van der Waals surface area contributed by atoms with Crippen molar-refractivity contribution in [1.29, 1.82) is 0 Å². The van der Waals surface area contributed by atoms with Crippen LogP contribution in [-0.2, 0) is 19.9 Å². The minimum absolute atomic E-state index is 0.163. The van der Waals surface area contributed by atoms with Gasteiger partial charge in [0, 0.05) is 0 Å². The third kappa shape index (κ3) is 2.06. The third-order valence-corrected chi connectivity index (χ3v) is 3.03. The van der Waals surface area contributed by atoms with Gasteiger partial charge in [0.1, 0.15) is 5.60 Å². The molecule has 1 aliphatic heterocycles. The molecule has 1 saturated heterocycles. The topological polar surface area (TPSA) is 48.1 Å². The lowest BCUT2D eigenvalue weighted by Crippen LogP contribution is -2.19. The normalized spacial score (nSPS) is 25.7. The molecule has 5 heteroatoms. The van der Waals surface area contributed by atoms with Crippen LogP contribution in [0.3, 0.4) is 0 Å². The van der Waals surface area contributed by atoms with Gasteiger partial charge in [-0.15, -0.1) is 0 Å². The maximum atomic E-state index is 13.6. The number of halogens is 1. The number of carbonyl (C=O) groups excluding carboxylic acids is 1. The summed E-state index contributed by atoms with van der Waals surface area (Å²) in [6.07, 6.45) is -0.662. The van der Waals surface area contributed by atoms with E-state index in [0.29, 0.717) is 12.2 Å². The third-order valence-electron chi connectivity index (χ3n) is 3.03. The lowest BCUT2D eigenvalue weighted by molar-refractivity contribution is -0.144. The predicted octanol–water partition coefficient (Wildman–Crippen LogP) is 2.01. The quantitative estimate of drug-likeness (QED) is 0.609. The molecule has 98 valence electrons. The van der Waals surface area contributed by atoms with E-state index in [0.717, 1.165) is 0 Å². The second-order valence-corrected chi connectivity index (χ2v) is 4.21. The molecule has 0 amide bonds. The highest BCUT2D eigenvalue weighted by atomic mass is 19.1. The van der Waals surface area contributed by atoms with Gasteiger partial charge in [0.05, 0.1) is 13.7 Å². The van der Waals surface area contributed by atoms with Crippen molar-refractivity contribution in [2.75, 3.05) is 13.7 Å². The molecule has 0 N–H and O–H groups in total. The van der Waals surface area contributed by atoms with Crippen molar-refractivity contribution in [2.24, 2.45) is 0 Å². The van der Waals surface area contributed by atoms with E-state index in [2.05, 4.69) is 0 Å². The molecule has 1 heterocycles. The lowest BCUT2D eigenvalue weighted by Gasteiger charge is -2.09. The molecule has 0 aliphatic carbocycles. The van der Waals surface area contributed by atoms with Crippen LogP contribution in [0.4, 0.5) is 4.39 Å². The number of methoxy groups -OCH3 is 1. The maximum absolute atomic E-state index is 13.6. The van der Waals surface area contributed by atoms with E-state index in [1.54, 1.807) is 19.9 Å². The number of esters is 1. The Morgan fingerprint density at radius 3 is 2.83 bits per heavy atom. The molecule has 0 radical (unpaired) electrons. The van der Waals surface area contributed by atoms with Gasteiger partial charge in [0.15, 0.2) is 17.7 Å². The summed E-state index contributed by atoms with van der Waals surface area (Å²) in [7, 11) is 1.40. The number of benzene rings is 1. The highest BCUT2D eigenvalue weighted by Crippen LogP contribution is 2.47. The van der Waals surface area contributed by atoms with Crippen molar-refractivity contribution < 1.29 is 23.4 Å². The summed E-state index contributed by atoms with van der Waals surface area (Å²) >= 11 is 0. The molecule has 18 heavy (non-hydrogen) atoms. The molecule has 0 spiro atoms. The van der Waals surface area contributed by atoms with Crippen LogP contribution in [0.15, 0.2) is 18.2 Å². The van der Waals surface area contributed by atoms with Crippen molar-refractivity contribution in [3.05, 3.63) is 29.6 Å². The van der Waals surface area contributed by atoms with E-state index in [4.69, 9.17) is 14.2 Å². The molecule has 1 aromatic carbocycles. The highest BCUT2D eigenvalue weighted by Gasteiger charge is 2.59. The fraction of sp³-hybridized carbons (Fsp3) is 0.462. The summed E-state index contributed by atoms with van der Waals surface area (Å²) in [5.74, 6) is -0.735. The van der Waals surface area contributed by atoms with Gasteiger partial charge in [-0.1, -0.05) is 6.07 Å². The van der Waals surface area contributed by atoms with Gasteiger partial charge in [-0.05, 0) is 31.5 Å². The second-order valence-electron chi connectivity index (χ2n) is 4.21. The molecule has 0 bridgehead atoms. The van der Waals surface area contributed by atoms with Crippen molar-refractivity contribution in [2.45, 2.75) is 25.6 Å². The van der Waals surface area contributed by atoms with E-state index in [9.17, 15) is 9.18 Å². The molecule has 0 saturated carbocycles. The summed E-state index contributed by atoms with van der Waals surface area (Å²) in [5, 5.41) is 0. The number of rotatable bonds is 4. The van der Waals surface area contributed by atoms with Gasteiger partial charge in [0.25, 0.3) is 0 Å². The molecular formula is C13H15FO4. The Bertz CT molecular complexity index is 474. The Morgan fingerprint density at radius 1 is 1.56 bits per heavy atom. The van der Waals surface area contributed by atoms with Crippen LogP contribution in [0.25, 0.3) is 0 Å². The van der Waals surface area contributed by atoms with Gasteiger partial charge >= 0.3 is 5.97 Å². The molecule has 2 atom stereocenters. The summed E-state index contributed by atoms with van der Waals surface area (Å²) in [5.41, 5.74) is -0.210. The Kier molecular flexibility index (Phi) is 3.26. The first-order valence-corrected chi connectivity index (χ1v) is 5.71. The zero-order chi connectivity index (χ0) is 13.3. The molecule has 4 nitrogen and oxygen atoms in total. The highest BCUT2D eigenvalue weighted by molar-refractivity contribution is 5.79. The summed E-state index contributed by atoms with van der Waals surface area (Å²) in [6.45, 7) is 3.76. The standard InChI is InChI=1S/C13H15FO4/c1-4-17-12(15)11-13(2,18-11)8-5-6-10(16-3)9(14)7-8/h5-7,11H,4H2,1-3H3. The molecular weight excluding hydrogens is 239 g/mol. The van der Waals surface area contributed by atoms with Crippen LogP contribution < -0.4 is 4.74 Å². The van der Waals surface area contributed by atoms with E-state index >= 15 is 0 Å². The minimum Gasteiger partial charge on any atom is -0.494 e. The predicted molar refractivity (Wildman–Crippen MR) is 61.8 cm³/mol. The minimum atomic E-state index is -0.806. The number of ether oxygens (including phenoxy) is 3. The summed E-state index contributed by atoms with van der Waals surface area (Å²) in [6, 6.07) is 4.51. The van der Waals surface area contributed by atoms with Gasteiger partial charge in [-0.2, -0.15) is 0 Å². The Hall–Kier alpha value is -1.62. The van der Waals surface area contributed by atoms with Crippen LogP contribution in [0.5, 0.6) is 5.75 Å². The fourth-order valence-electron chi connectivity index (χ4n) is 1.90. The van der Waals surface area contributed by atoms with Crippen LogP contribution in [0.1, 0.15) is 19.4 Å². The van der Waals surface area contributed by atoms with Gasteiger partial charge in [-0.25, -0.2) is 9.18 Å². The largest absolute Gasteiger partial charge is 0.494 e. The zero-order valence-electron chi connectivity index (χ0n) is 10.5. The van der Waals surface area contributed by atoms with Crippen molar-refractivity contribution in [3.63, 3.8) is 0 Å². The van der Waals surface area contributed by atoms with E-state index < -0.39 is 23.5 Å². The molecule has 1 aliphatic rings. The fourth-order valence-corrected chi connectivity index (χ4v) is 1.90. The number of hydrogen-bond donors (Lipinski definition) is 0. The van der Waals surface area contributed by atoms with E-state index in [1.807, 2.05) is 0 Å². The number of epoxide rings is 1. The smallest absolute Gasteiger partial charge is 0.338 e. The van der Waals surface area contributed by atoms with Gasteiger partial charge in [-0.3, -0.25) is 0 Å². The number of carbonyl (C=O) groups is 1. The lowest BCUT2D eigenvalue weighted by atomic mass is 9.97. The van der Waals surface area contributed by atoms with Crippen LogP contribution in [-0.4, -0.2) is 25.8 Å². The first-order chi connectivity index (χ1) is 8.52. The first-order valence-electron chi connectivity index (χ1n) is 5.71. The Labute approximate surface area is 105 Å². The Balaban J connectivity index is 2.18. The van der Waals surface area contributed by atoms with Crippen LogP contribution in [0, 0.1) is 5.82 Å². The maximum Gasteiger partial charge on any atom is 0.338 e. The SMILES string of the molecule is CCOC(=O)C1OC1(C)c1ccc(OC)c(F)c1. The average molecular weight is 254 g/mol. The average Bonchev–Trinajstić information content (AvgIpc) is 3.03. The zero-order valence-corrected chi connectivity index (χ0v) is 10.5. The second kappa shape index (κ2) is 4.57. The van der Waals surface area contributed by atoms with Crippen LogP contribution in [0.2, 0.25) is 0 Å². The first kappa shape index (κ1) is 12.8. The van der Waals surface area contributed by atoms with Crippen molar-refractivity contribution in [1.82, 2.24) is 0 Å². The molecule has 2 rings (SSSR count). The molecule has 2 unspecified atom stereocenters. The van der Waals surface area contributed by atoms with E-state index in [1.165, 1.54) is 19.2 Å². The summed E-state index contributed by atoms with van der Waals surface area (Å²) in [4.78, 5) is 11.5. The molecule has 1 aromatic rings. The van der Waals surface area contributed by atoms with Crippen LogP contribution >= 0.6 is 0 Å².